The van der Waals surface area contributed by atoms with Gasteiger partial charge in [0.1, 0.15) is 0 Å². The van der Waals surface area contributed by atoms with Crippen LogP contribution in [0.1, 0.15) is 63.5 Å². The number of fused-ring (bicyclic) bond motifs is 1. The second-order valence-electron chi connectivity index (χ2n) is 5.62. The molecule has 0 fully saturated rings. The zero-order chi connectivity index (χ0) is 11.7. The van der Waals surface area contributed by atoms with Crippen molar-refractivity contribution in [3.63, 3.8) is 0 Å². The first-order valence-electron chi connectivity index (χ1n) is 6.74. The SMILES string of the molecule is CCC(C)C1C[C@@H](C)C(C)c2ccccc21. The van der Waals surface area contributed by atoms with E-state index in [9.17, 15) is 0 Å². The lowest BCUT2D eigenvalue weighted by molar-refractivity contribution is 0.311. The molecule has 3 unspecified atom stereocenters. The van der Waals surface area contributed by atoms with Crippen molar-refractivity contribution < 1.29 is 0 Å². The predicted octanol–water partition coefficient (Wildman–Crippen LogP) is 4.96. The van der Waals surface area contributed by atoms with E-state index >= 15 is 0 Å². The molecule has 0 bridgehead atoms. The summed E-state index contributed by atoms with van der Waals surface area (Å²) < 4.78 is 0. The van der Waals surface area contributed by atoms with Gasteiger partial charge in [0.2, 0.25) is 0 Å². The maximum absolute atomic E-state index is 2.41. The van der Waals surface area contributed by atoms with E-state index < -0.39 is 0 Å². The van der Waals surface area contributed by atoms with Gasteiger partial charge < -0.3 is 0 Å². The van der Waals surface area contributed by atoms with Crippen LogP contribution in [0.15, 0.2) is 24.3 Å². The molecule has 16 heavy (non-hydrogen) atoms. The van der Waals surface area contributed by atoms with Crippen molar-refractivity contribution in [2.75, 3.05) is 0 Å². The summed E-state index contributed by atoms with van der Waals surface area (Å²) in [4.78, 5) is 0. The highest BCUT2D eigenvalue weighted by atomic mass is 14.4. The van der Waals surface area contributed by atoms with E-state index in [-0.39, 0.29) is 0 Å². The summed E-state index contributed by atoms with van der Waals surface area (Å²) in [6, 6.07) is 9.09. The van der Waals surface area contributed by atoms with Gasteiger partial charge in [0.05, 0.1) is 0 Å². The second-order valence-corrected chi connectivity index (χ2v) is 5.62. The van der Waals surface area contributed by atoms with Crippen molar-refractivity contribution in [1.82, 2.24) is 0 Å². The van der Waals surface area contributed by atoms with Gasteiger partial charge in [-0.3, -0.25) is 0 Å². The molecule has 0 saturated carbocycles. The average molecular weight is 216 g/mol. The van der Waals surface area contributed by atoms with Crippen LogP contribution in [0.4, 0.5) is 0 Å². The topological polar surface area (TPSA) is 0 Å². The van der Waals surface area contributed by atoms with Crippen LogP contribution in [-0.2, 0) is 0 Å². The highest BCUT2D eigenvalue weighted by Crippen LogP contribution is 2.45. The molecule has 88 valence electrons. The molecule has 0 amide bonds. The highest BCUT2D eigenvalue weighted by Gasteiger charge is 2.31. The molecule has 0 spiro atoms. The Morgan fingerprint density at radius 1 is 1.19 bits per heavy atom. The van der Waals surface area contributed by atoms with Gasteiger partial charge in [-0.25, -0.2) is 0 Å². The third-order valence-electron chi connectivity index (χ3n) is 4.70. The molecule has 1 aromatic carbocycles. The minimum Gasteiger partial charge on any atom is -0.0651 e. The fourth-order valence-corrected chi connectivity index (χ4v) is 3.12. The quantitative estimate of drug-likeness (QED) is 0.655. The van der Waals surface area contributed by atoms with Crippen molar-refractivity contribution in [3.05, 3.63) is 35.4 Å². The van der Waals surface area contributed by atoms with Crippen LogP contribution in [0.2, 0.25) is 0 Å². The zero-order valence-electron chi connectivity index (χ0n) is 11.0. The van der Waals surface area contributed by atoms with Crippen molar-refractivity contribution in [2.45, 2.75) is 52.4 Å². The van der Waals surface area contributed by atoms with E-state index in [0.717, 1.165) is 23.7 Å². The summed E-state index contributed by atoms with van der Waals surface area (Å²) in [6.45, 7) is 9.52. The van der Waals surface area contributed by atoms with Crippen LogP contribution >= 0.6 is 0 Å². The fourth-order valence-electron chi connectivity index (χ4n) is 3.12. The summed E-state index contributed by atoms with van der Waals surface area (Å²) >= 11 is 0. The summed E-state index contributed by atoms with van der Waals surface area (Å²) in [7, 11) is 0. The molecule has 1 aliphatic rings. The van der Waals surface area contributed by atoms with Gasteiger partial charge in [0, 0.05) is 0 Å². The van der Waals surface area contributed by atoms with Crippen molar-refractivity contribution in [1.29, 1.82) is 0 Å². The first-order chi connectivity index (χ1) is 7.65. The summed E-state index contributed by atoms with van der Waals surface area (Å²) in [6.07, 6.45) is 2.66. The highest BCUT2D eigenvalue weighted by molar-refractivity contribution is 5.36. The van der Waals surface area contributed by atoms with Crippen LogP contribution in [0, 0.1) is 11.8 Å². The molecule has 0 heterocycles. The van der Waals surface area contributed by atoms with Crippen LogP contribution in [0.25, 0.3) is 0 Å². The number of rotatable bonds is 2. The van der Waals surface area contributed by atoms with Crippen molar-refractivity contribution in [2.24, 2.45) is 11.8 Å². The Morgan fingerprint density at radius 3 is 2.44 bits per heavy atom. The number of hydrogen-bond acceptors (Lipinski definition) is 0. The Kier molecular flexibility index (Phi) is 3.37. The second kappa shape index (κ2) is 4.61. The number of hydrogen-bond donors (Lipinski definition) is 0. The van der Waals surface area contributed by atoms with Crippen LogP contribution in [0.5, 0.6) is 0 Å². The minimum atomic E-state index is 0.733. The van der Waals surface area contributed by atoms with Crippen LogP contribution in [0.3, 0.4) is 0 Å². The van der Waals surface area contributed by atoms with Gasteiger partial charge in [0.15, 0.2) is 0 Å². The maximum Gasteiger partial charge on any atom is -0.0131 e. The summed E-state index contributed by atoms with van der Waals surface area (Å²) in [5.74, 6) is 3.16. The minimum absolute atomic E-state index is 0.733. The Balaban J connectivity index is 2.40. The molecule has 1 aromatic rings. The zero-order valence-corrected chi connectivity index (χ0v) is 11.0. The van der Waals surface area contributed by atoms with Crippen LogP contribution < -0.4 is 0 Å². The van der Waals surface area contributed by atoms with Gasteiger partial charge >= 0.3 is 0 Å². The van der Waals surface area contributed by atoms with Gasteiger partial charge in [0.25, 0.3) is 0 Å². The van der Waals surface area contributed by atoms with E-state index in [1.807, 2.05) is 0 Å². The normalized spacial score (nSPS) is 30.9. The molecule has 0 heteroatoms. The molecular formula is C16H24. The lowest BCUT2D eigenvalue weighted by Crippen LogP contribution is -2.23. The molecule has 0 radical (unpaired) electrons. The monoisotopic (exact) mass is 216 g/mol. The standard InChI is InChI=1S/C16H24/c1-5-11(2)16-10-12(3)13(4)14-8-6-7-9-15(14)16/h6-9,11-13,16H,5,10H2,1-4H3/t11?,12-,13?,16?/m1/s1. The molecule has 0 nitrogen and oxygen atoms in total. The molecular weight excluding hydrogens is 192 g/mol. The number of benzene rings is 1. The summed E-state index contributed by atoms with van der Waals surface area (Å²) in [5.41, 5.74) is 3.23. The predicted molar refractivity (Wildman–Crippen MR) is 70.8 cm³/mol. The van der Waals surface area contributed by atoms with E-state index in [1.165, 1.54) is 12.8 Å². The first kappa shape index (κ1) is 11.7. The Hall–Kier alpha value is -0.780. The molecule has 2 rings (SSSR count). The van der Waals surface area contributed by atoms with E-state index in [4.69, 9.17) is 0 Å². The molecule has 0 aromatic heterocycles. The Morgan fingerprint density at radius 2 is 1.81 bits per heavy atom. The van der Waals surface area contributed by atoms with Gasteiger partial charge in [-0.15, -0.1) is 0 Å². The Labute approximate surface area is 100 Å². The molecule has 0 N–H and O–H groups in total. The fraction of sp³-hybridized carbons (Fsp3) is 0.625. The molecule has 0 saturated heterocycles. The van der Waals surface area contributed by atoms with Crippen molar-refractivity contribution >= 4 is 0 Å². The first-order valence-corrected chi connectivity index (χ1v) is 6.74. The summed E-state index contributed by atoms with van der Waals surface area (Å²) in [5, 5.41) is 0. The molecule has 0 aliphatic heterocycles. The van der Waals surface area contributed by atoms with Gasteiger partial charge in [-0.2, -0.15) is 0 Å². The van der Waals surface area contributed by atoms with E-state index in [1.54, 1.807) is 11.1 Å². The van der Waals surface area contributed by atoms with E-state index in [2.05, 4.69) is 52.0 Å². The van der Waals surface area contributed by atoms with Gasteiger partial charge in [-0.05, 0) is 41.2 Å². The lowest BCUT2D eigenvalue weighted by Gasteiger charge is -2.37. The van der Waals surface area contributed by atoms with Gasteiger partial charge in [-0.1, -0.05) is 58.4 Å². The largest absolute Gasteiger partial charge is 0.0651 e. The van der Waals surface area contributed by atoms with Crippen LogP contribution in [-0.4, -0.2) is 0 Å². The molecule has 1 aliphatic carbocycles. The maximum atomic E-state index is 2.41. The molecule has 4 atom stereocenters. The smallest absolute Gasteiger partial charge is 0.0131 e. The van der Waals surface area contributed by atoms with Crippen molar-refractivity contribution in [3.8, 4) is 0 Å². The average Bonchev–Trinajstić information content (AvgIpc) is 2.33. The lowest BCUT2D eigenvalue weighted by atomic mass is 9.67. The Bertz CT molecular complexity index is 353. The third kappa shape index (κ3) is 1.90. The third-order valence-corrected chi connectivity index (χ3v) is 4.70. The van der Waals surface area contributed by atoms with E-state index in [0.29, 0.717) is 0 Å².